The van der Waals surface area contributed by atoms with Gasteiger partial charge in [0.1, 0.15) is 18.2 Å². The lowest BCUT2D eigenvalue weighted by molar-refractivity contribution is 0.0361. The Bertz CT molecular complexity index is 1100. The Morgan fingerprint density at radius 2 is 1.82 bits per heavy atom. The van der Waals surface area contributed by atoms with E-state index in [1.807, 2.05) is 4.57 Å². The summed E-state index contributed by atoms with van der Waals surface area (Å²) in [4.78, 5) is 2.33. The van der Waals surface area contributed by atoms with Crippen LogP contribution in [0.3, 0.4) is 0 Å². The fraction of sp³-hybridized carbons (Fsp3) is 0.375. The summed E-state index contributed by atoms with van der Waals surface area (Å²) < 4.78 is 26.5. The molecule has 0 aliphatic carbocycles. The Balaban J connectivity index is 1.39. The molecule has 0 amide bonds. The van der Waals surface area contributed by atoms with Crippen LogP contribution in [0.2, 0.25) is 0 Å². The minimum Gasteiger partial charge on any atom is -0.491 e. The Morgan fingerprint density at radius 3 is 2.53 bits per heavy atom. The van der Waals surface area contributed by atoms with Crippen LogP contribution in [0.4, 0.5) is 4.39 Å². The molecule has 1 unspecified atom stereocenters. The summed E-state index contributed by atoms with van der Waals surface area (Å²) in [6, 6.07) is 15.0. The second-order valence-electron chi connectivity index (χ2n) is 7.83. The highest BCUT2D eigenvalue weighted by Crippen LogP contribution is 2.25. The summed E-state index contributed by atoms with van der Waals surface area (Å²) in [7, 11) is 0. The van der Waals surface area contributed by atoms with Crippen LogP contribution >= 0.6 is 11.8 Å². The second kappa shape index (κ2) is 11.9. The van der Waals surface area contributed by atoms with Crippen molar-refractivity contribution in [3.05, 3.63) is 59.9 Å². The molecule has 3 aromatic rings. The highest BCUT2D eigenvalue weighted by molar-refractivity contribution is 7.99. The molecule has 2 aromatic carbocycles. The minimum atomic E-state index is -0.723. The first kappa shape index (κ1) is 24.2. The van der Waals surface area contributed by atoms with Gasteiger partial charge in [0.05, 0.1) is 31.0 Å². The zero-order valence-corrected chi connectivity index (χ0v) is 19.5. The molecule has 1 N–H and O–H groups in total. The Hall–Kier alpha value is -2.97. The molecule has 1 aromatic heterocycles. The fourth-order valence-corrected chi connectivity index (χ4v) is 4.38. The number of aliphatic hydroxyl groups is 1. The van der Waals surface area contributed by atoms with Crippen LogP contribution < -0.4 is 4.74 Å². The molecule has 0 saturated carbocycles. The van der Waals surface area contributed by atoms with Crippen LogP contribution in [-0.2, 0) is 11.3 Å². The Kier molecular flexibility index (Phi) is 8.49. The maximum absolute atomic E-state index is 13.4. The normalized spacial score (nSPS) is 15.1. The Morgan fingerprint density at radius 1 is 1.09 bits per heavy atom. The number of ether oxygens (including phenoxy) is 2. The number of rotatable bonds is 10. The van der Waals surface area contributed by atoms with E-state index in [1.165, 1.54) is 23.9 Å². The van der Waals surface area contributed by atoms with E-state index in [2.05, 4.69) is 21.2 Å². The molecule has 4 rings (SSSR count). The molecular weight excluding hydrogens is 457 g/mol. The van der Waals surface area contributed by atoms with Gasteiger partial charge in [-0.2, -0.15) is 5.26 Å². The smallest absolute Gasteiger partial charge is 0.191 e. The number of halogens is 1. The van der Waals surface area contributed by atoms with Crippen LogP contribution in [0.25, 0.3) is 11.4 Å². The lowest BCUT2D eigenvalue weighted by Gasteiger charge is -2.27. The van der Waals surface area contributed by atoms with Gasteiger partial charge in [0, 0.05) is 37.5 Å². The fourth-order valence-electron chi connectivity index (χ4n) is 3.51. The largest absolute Gasteiger partial charge is 0.491 e. The van der Waals surface area contributed by atoms with E-state index in [1.54, 1.807) is 36.4 Å². The van der Waals surface area contributed by atoms with Crippen molar-refractivity contribution in [2.24, 2.45) is 0 Å². The predicted molar refractivity (Wildman–Crippen MR) is 126 cm³/mol. The summed E-state index contributed by atoms with van der Waals surface area (Å²) in [6.45, 7) is 4.79. The number of aromatic nitrogens is 3. The number of hydrogen-bond acceptors (Lipinski definition) is 8. The summed E-state index contributed by atoms with van der Waals surface area (Å²) in [5, 5.41) is 28.7. The monoisotopic (exact) mass is 483 g/mol. The topological polar surface area (TPSA) is 96.4 Å². The van der Waals surface area contributed by atoms with Crippen molar-refractivity contribution in [3.63, 3.8) is 0 Å². The summed E-state index contributed by atoms with van der Waals surface area (Å²) in [5.41, 5.74) is 1.34. The van der Waals surface area contributed by atoms with E-state index in [-0.39, 0.29) is 12.4 Å². The summed E-state index contributed by atoms with van der Waals surface area (Å²) in [5.74, 6) is 1.33. The first-order valence-corrected chi connectivity index (χ1v) is 12.0. The van der Waals surface area contributed by atoms with Crippen LogP contribution in [0.5, 0.6) is 5.75 Å². The molecule has 1 fully saturated rings. The van der Waals surface area contributed by atoms with Gasteiger partial charge in [-0.25, -0.2) is 4.39 Å². The molecule has 0 bridgehead atoms. The van der Waals surface area contributed by atoms with Crippen LogP contribution in [0.15, 0.2) is 53.7 Å². The van der Waals surface area contributed by atoms with Crippen molar-refractivity contribution in [2.45, 2.75) is 17.8 Å². The van der Waals surface area contributed by atoms with Crippen molar-refractivity contribution < 1.29 is 19.0 Å². The van der Waals surface area contributed by atoms with E-state index in [4.69, 9.17) is 14.7 Å². The van der Waals surface area contributed by atoms with E-state index in [9.17, 15) is 9.50 Å². The van der Waals surface area contributed by atoms with Gasteiger partial charge in [-0.15, -0.1) is 10.2 Å². The van der Waals surface area contributed by atoms with Crippen molar-refractivity contribution in [2.75, 3.05) is 45.2 Å². The lowest BCUT2D eigenvalue weighted by Crippen LogP contribution is -2.38. The van der Waals surface area contributed by atoms with Gasteiger partial charge in [-0.05, 0) is 48.5 Å². The number of morpholine rings is 1. The molecule has 1 aliphatic rings. The van der Waals surface area contributed by atoms with Gasteiger partial charge >= 0.3 is 0 Å². The van der Waals surface area contributed by atoms with E-state index in [0.717, 1.165) is 38.4 Å². The van der Waals surface area contributed by atoms with Crippen LogP contribution in [0.1, 0.15) is 5.56 Å². The molecule has 8 nitrogen and oxygen atoms in total. The number of nitrogens with zero attached hydrogens (tertiary/aromatic N) is 5. The van der Waals surface area contributed by atoms with Crippen molar-refractivity contribution >= 4 is 11.8 Å². The maximum Gasteiger partial charge on any atom is 0.191 e. The molecule has 1 atom stereocenters. The molecule has 0 radical (unpaired) electrons. The maximum atomic E-state index is 13.4. The standard InChI is InChI=1S/C24H26FN5O3S/c25-20-5-3-19(4-6-20)23-27-28-24(30(23)10-9-29-11-13-32-14-12-29)34-17-21(31)16-33-22-7-1-18(15-26)2-8-22/h1-8,21,31H,9-14,16-17H2. The van der Waals surface area contributed by atoms with Crippen LogP contribution in [0, 0.1) is 17.1 Å². The van der Waals surface area contributed by atoms with Crippen molar-refractivity contribution in [1.82, 2.24) is 19.7 Å². The zero-order chi connectivity index (χ0) is 23.8. The van der Waals surface area contributed by atoms with Gasteiger partial charge < -0.3 is 19.1 Å². The van der Waals surface area contributed by atoms with Gasteiger partial charge in [0.15, 0.2) is 11.0 Å². The third-order valence-corrected chi connectivity index (χ3v) is 6.51. The molecule has 1 saturated heterocycles. The average Bonchev–Trinajstić information content (AvgIpc) is 3.29. The quantitative estimate of drug-likeness (QED) is 0.440. The number of aliphatic hydroxyl groups excluding tert-OH is 1. The third kappa shape index (κ3) is 6.55. The predicted octanol–water partition coefficient (Wildman–Crippen LogP) is 2.82. The van der Waals surface area contributed by atoms with E-state index >= 15 is 0 Å². The zero-order valence-electron chi connectivity index (χ0n) is 18.6. The van der Waals surface area contributed by atoms with Crippen molar-refractivity contribution in [3.8, 4) is 23.2 Å². The molecule has 178 valence electrons. The van der Waals surface area contributed by atoms with Gasteiger partial charge in [0.2, 0.25) is 0 Å². The van der Waals surface area contributed by atoms with Gasteiger partial charge in [-0.3, -0.25) is 4.90 Å². The summed E-state index contributed by atoms with van der Waals surface area (Å²) >= 11 is 1.40. The molecular formula is C24H26FN5O3S. The molecule has 2 heterocycles. The second-order valence-corrected chi connectivity index (χ2v) is 8.82. The number of thioether (sulfide) groups is 1. The lowest BCUT2D eigenvalue weighted by atomic mass is 10.2. The third-order valence-electron chi connectivity index (χ3n) is 5.39. The highest BCUT2D eigenvalue weighted by Gasteiger charge is 2.18. The van der Waals surface area contributed by atoms with Gasteiger partial charge in [-0.1, -0.05) is 11.8 Å². The minimum absolute atomic E-state index is 0.117. The van der Waals surface area contributed by atoms with E-state index in [0.29, 0.717) is 34.6 Å². The molecule has 0 spiro atoms. The number of benzene rings is 2. The SMILES string of the molecule is N#Cc1ccc(OCC(O)CSc2nnc(-c3ccc(F)cc3)n2CCN2CCOCC2)cc1. The first-order chi connectivity index (χ1) is 16.6. The molecule has 10 heteroatoms. The van der Waals surface area contributed by atoms with Gasteiger partial charge in [0.25, 0.3) is 0 Å². The number of nitriles is 1. The van der Waals surface area contributed by atoms with Crippen molar-refractivity contribution in [1.29, 1.82) is 5.26 Å². The molecule has 34 heavy (non-hydrogen) atoms. The number of hydrogen-bond donors (Lipinski definition) is 1. The molecule has 1 aliphatic heterocycles. The van der Waals surface area contributed by atoms with Crippen LogP contribution in [-0.4, -0.2) is 76.1 Å². The highest BCUT2D eigenvalue weighted by atomic mass is 32.2. The summed E-state index contributed by atoms with van der Waals surface area (Å²) in [6.07, 6.45) is -0.723. The van der Waals surface area contributed by atoms with E-state index < -0.39 is 6.10 Å². The first-order valence-electron chi connectivity index (χ1n) is 11.1. The Labute approximate surface area is 201 Å². The average molecular weight is 484 g/mol.